The highest BCUT2D eigenvalue weighted by molar-refractivity contribution is 5.78. The Hall–Kier alpha value is -1.10. The van der Waals surface area contributed by atoms with Crippen LogP contribution in [-0.2, 0) is 14.3 Å². The number of nitrogens with one attached hydrogen (secondary N) is 1. The summed E-state index contributed by atoms with van der Waals surface area (Å²) < 4.78 is 4.93. The van der Waals surface area contributed by atoms with E-state index in [2.05, 4.69) is 5.32 Å². The van der Waals surface area contributed by atoms with Gasteiger partial charge in [0.25, 0.3) is 0 Å². The van der Waals surface area contributed by atoms with E-state index in [0.717, 1.165) is 0 Å². The third-order valence-electron chi connectivity index (χ3n) is 2.19. The van der Waals surface area contributed by atoms with E-state index >= 15 is 0 Å². The van der Waals surface area contributed by atoms with Gasteiger partial charge in [0.05, 0.1) is 5.92 Å². The number of rotatable bonds is 7. The van der Waals surface area contributed by atoms with E-state index in [9.17, 15) is 9.59 Å². The van der Waals surface area contributed by atoms with E-state index in [0.29, 0.717) is 13.0 Å². The maximum Gasteiger partial charge on any atom is 0.308 e. The predicted octanol–water partition coefficient (Wildman–Crippen LogP) is 1.28. The van der Waals surface area contributed by atoms with Crippen molar-refractivity contribution >= 4 is 11.9 Å². The fourth-order valence-electron chi connectivity index (χ4n) is 1.47. The van der Waals surface area contributed by atoms with E-state index in [-0.39, 0.29) is 24.5 Å². The summed E-state index contributed by atoms with van der Waals surface area (Å²) in [6.07, 6.45) is 0.525. The number of aliphatic carboxylic acids is 1. The number of hydrogen-bond acceptors (Lipinski definition) is 3. The molecule has 5 nitrogen and oxygen atoms in total. The van der Waals surface area contributed by atoms with Gasteiger partial charge in [0.2, 0.25) is 5.91 Å². The average Bonchev–Trinajstić information content (AvgIpc) is 2.19. The van der Waals surface area contributed by atoms with Gasteiger partial charge in [-0.05, 0) is 18.8 Å². The minimum atomic E-state index is -0.878. The molecule has 0 aliphatic carbocycles. The summed E-state index contributed by atoms with van der Waals surface area (Å²) in [6, 6.07) is 0. The lowest BCUT2D eigenvalue weighted by molar-refractivity contribution is -0.142. The second-order valence-corrected chi connectivity index (χ2v) is 5.24. The molecule has 0 aromatic rings. The molecule has 1 atom stereocenters. The first-order chi connectivity index (χ1) is 7.76. The molecule has 0 radical (unpaired) electrons. The van der Waals surface area contributed by atoms with Crippen LogP contribution in [0.2, 0.25) is 0 Å². The molecule has 0 fully saturated rings. The molecule has 100 valence electrons. The summed E-state index contributed by atoms with van der Waals surface area (Å²) in [6.45, 7) is 8.34. The normalized spacial score (nSPS) is 13.2. The minimum absolute atomic E-state index is 0.0155. The van der Waals surface area contributed by atoms with Gasteiger partial charge in [-0.15, -0.1) is 0 Å². The molecule has 0 aromatic carbocycles. The largest absolute Gasteiger partial charge is 0.481 e. The van der Waals surface area contributed by atoms with Crippen molar-refractivity contribution in [2.45, 2.75) is 34.1 Å². The first-order valence-electron chi connectivity index (χ1n) is 5.83. The fourth-order valence-corrected chi connectivity index (χ4v) is 1.47. The standard InChI is InChI=1S/C12H23NO4/c1-5-17-8-10(14)13-7-9(11(15)16)6-12(2,3)4/h9H,5-8H2,1-4H3,(H,13,14)(H,15,16). The van der Waals surface area contributed by atoms with Crippen molar-refractivity contribution in [3.63, 3.8) is 0 Å². The molecule has 1 unspecified atom stereocenters. The van der Waals surface area contributed by atoms with Crippen molar-refractivity contribution in [3.05, 3.63) is 0 Å². The number of carbonyl (C=O) groups excluding carboxylic acids is 1. The van der Waals surface area contributed by atoms with Crippen LogP contribution >= 0.6 is 0 Å². The zero-order chi connectivity index (χ0) is 13.5. The van der Waals surface area contributed by atoms with Crippen LogP contribution in [0.1, 0.15) is 34.1 Å². The molecule has 0 saturated carbocycles. The molecule has 0 bridgehead atoms. The molecule has 0 rings (SSSR count). The monoisotopic (exact) mass is 245 g/mol. The maximum absolute atomic E-state index is 11.3. The second kappa shape index (κ2) is 7.27. The van der Waals surface area contributed by atoms with Gasteiger partial charge in [-0.2, -0.15) is 0 Å². The summed E-state index contributed by atoms with van der Waals surface area (Å²) >= 11 is 0. The molecule has 1 amide bonds. The SMILES string of the molecule is CCOCC(=O)NCC(CC(C)(C)C)C(=O)O. The molecular weight excluding hydrogens is 222 g/mol. The van der Waals surface area contributed by atoms with E-state index < -0.39 is 11.9 Å². The Labute approximate surface area is 103 Å². The first-order valence-corrected chi connectivity index (χ1v) is 5.83. The van der Waals surface area contributed by atoms with Crippen LogP contribution in [0.3, 0.4) is 0 Å². The van der Waals surface area contributed by atoms with E-state index in [1.54, 1.807) is 6.92 Å². The number of carbonyl (C=O) groups is 2. The van der Waals surface area contributed by atoms with Crippen LogP contribution in [0.25, 0.3) is 0 Å². The fraction of sp³-hybridized carbons (Fsp3) is 0.833. The molecule has 0 saturated heterocycles. The van der Waals surface area contributed by atoms with Gasteiger partial charge in [-0.25, -0.2) is 0 Å². The van der Waals surface area contributed by atoms with Gasteiger partial charge >= 0.3 is 5.97 Å². The summed E-state index contributed by atoms with van der Waals surface area (Å²) in [5.41, 5.74) is -0.0757. The van der Waals surface area contributed by atoms with Crippen LogP contribution in [0.15, 0.2) is 0 Å². The lowest BCUT2D eigenvalue weighted by atomic mass is 9.84. The lowest BCUT2D eigenvalue weighted by Crippen LogP contribution is -2.36. The Morgan fingerprint density at radius 2 is 1.94 bits per heavy atom. The molecule has 0 aliphatic heterocycles. The van der Waals surface area contributed by atoms with Gasteiger partial charge in [-0.1, -0.05) is 20.8 Å². The van der Waals surface area contributed by atoms with Crippen molar-refractivity contribution in [1.82, 2.24) is 5.32 Å². The predicted molar refractivity (Wildman–Crippen MR) is 64.7 cm³/mol. The van der Waals surface area contributed by atoms with Gasteiger partial charge in [-0.3, -0.25) is 9.59 Å². The maximum atomic E-state index is 11.3. The number of carboxylic acid groups (broad SMARTS) is 1. The Morgan fingerprint density at radius 3 is 2.35 bits per heavy atom. The highest BCUT2D eigenvalue weighted by Crippen LogP contribution is 2.24. The van der Waals surface area contributed by atoms with E-state index in [4.69, 9.17) is 9.84 Å². The summed E-state index contributed by atoms with van der Waals surface area (Å²) in [5.74, 6) is -1.70. The van der Waals surface area contributed by atoms with Crippen molar-refractivity contribution < 1.29 is 19.4 Å². The van der Waals surface area contributed by atoms with Crippen molar-refractivity contribution in [1.29, 1.82) is 0 Å². The molecule has 17 heavy (non-hydrogen) atoms. The van der Waals surface area contributed by atoms with Gasteiger partial charge < -0.3 is 15.2 Å². The van der Waals surface area contributed by atoms with Crippen molar-refractivity contribution in [2.75, 3.05) is 19.8 Å². The number of hydrogen-bond donors (Lipinski definition) is 2. The van der Waals surface area contributed by atoms with Gasteiger partial charge in [0.15, 0.2) is 0 Å². The molecular formula is C12H23NO4. The number of amides is 1. The summed E-state index contributed by atoms with van der Waals surface area (Å²) in [4.78, 5) is 22.3. The van der Waals surface area contributed by atoms with E-state index in [1.807, 2.05) is 20.8 Å². The smallest absolute Gasteiger partial charge is 0.308 e. The number of ether oxygens (including phenoxy) is 1. The molecule has 0 spiro atoms. The first kappa shape index (κ1) is 15.9. The van der Waals surface area contributed by atoms with Gasteiger partial charge in [0.1, 0.15) is 6.61 Å². The third-order valence-corrected chi connectivity index (χ3v) is 2.19. The van der Waals surface area contributed by atoms with Crippen LogP contribution < -0.4 is 5.32 Å². The minimum Gasteiger partial charge on any atom is -0.481 e. The third kappa shape index (κ3) is 8.68. The van der Waals surface area contributed by atoms with Gasteiger partial charge in [0, 0.05) is 13.2 Å². The topological polar surface area (TPSA) is 75.6 Å². The highest BCUT2D eigenvalue weighted by atomic mass is 16.5. The molecule has 5 heteroatoms. The highest BCUT2D eigenvalue weighted by Gasteiger charge is 2.24. The zero-order valence-electron chi connectivity index (χ0n) is 11.1. The van der Waals surface area contributed by atoms with Crippen LogP contribution in [0.5, 0.6) is 0 Å². The Bertz CT molecular complexity index is 258. The van der Waals surface area contributed by atoms with E-state index in [1.165, 1.54) is 0 Å². The molecule has 2 N–H and O–H groups in total. The summed E-state index contributed by atoms with van der Waals surface area (Å²) in [7, 11) is 0. The van der Waals surface area contributed by atoms with Crippen LogP contribution in [0, 0.1) is 11.3 Å². The van der Waals surface area contributed by atoms with Crippen molar-refractivity contribution in [3.8, 4) is 0 Å². The Kier molecular flexibility index (Phi) is 6.80. The second-order valence-electron chi connectivity index (χ2n) is 5.24. The molecule has 0 aromatic heterocycles. The molecule has 0 aliphatic rings. The Morgan fingerprint density at radius 1 is 1.35 bits per heavy atom. The van der Waals surface area contributed by atoms with Crippen LogP contribution in [-0.4, -0.2) is 36.7 Å². The zero-order valence-corrected chi connectivity index (χ0v) is 11.1. The van der Waals surface area contributed by atoms with Crippen LogP contribution in [0.4, 0.5) is 0 Å². The number of carboxylic acids is 1. The summed E-state index contributed by atoms with van der Waals surface area (Å²) in [5, 5.41) is 11.6. The average molecular weight is 245 g/mol. The Balaban J connectivity index is 4.10. The van der Waals surface area contributed by atoms with Crippen molar-refractivity contribution in [2.24, 2.45) is 11.3 Å². The molecule has 0 heterocycles. The lowest BCUT2D eigenvalue weighted by Gasteiger charge is -2.23. The quantitative estimate of drug-likeness (QED) is 0.708.